The molecule has 11 nitrogen and oxygen atoms in total. The number of aromatic nitrogens is 2. The van der Waals surface area contributed by atoms with Crippen molar-refractivity contribution in [1.29, 1.82) is 0 Å². The third-order valence-electron chi connectivity index (χ3n) is 3.28. The van der Waals surface area contributed by atoms with Gasteiger partial charge in [-0.25, -0.2) is 28.7 Å². The van der Waals surface area contributed by atoms with Crippen LogP contribution in [0.4, 0.5) is 14.4 Å². The van der Waals surface area contributed by atoms with E-state index in [-0.39, 0.29) is 17.3 Å². The number of hydrogen-bond acceptors (Lipinski definition) is 9. The lowest BCUT2D eigenvalue weighted by atomic mass is 10.1. The van der Waals surface area contributed by atoms with Gasteiger partial charge in [0.1, 0.15) is 22.8 Å². The van der Waals surface area contributed by atoms with E-state index in [4.69, 9.17) is 14.2 Å². The van der Waals surface area contributed by atoms with Crippen LogP contribution in [0.3, 0.4) is 0 Å². The van der Waals surface area contributed by atoms with Crippen LogP contribution in [0, 0.1) is 0 Å². The Morgan fingerprint density at radius 2 is 1.48 bits per heavy atom. The van der Waals surface area contributed by atoms with Crippen molar-refractivity contribution in [1.82, 2.24) is 14.9 Å². The zero-order chi connectivity index (χ0) is 25.8. The van der Waals surface area contributed by atoms with Gasteiger partial charge in [-0.05, 0) is 62.3 Å². The monoisotopic (exact) mass is 487 g/mol. The molecule has 1 aromatic rings. The van der Waals surface area contributed by atoms with Crippen molar-refractivity contribution >= 4 is 35.2 Å². The molecule has 12 heteroatoms. The summed E-state index contributed by atoms with van der Waals surface area (Å²) in [6.45, 7) is 15.0. The molecule has 1 amide bonds. The molecule has 0 saturated heterocycles. The first-order valence-corrected chi connectivity index (χ1v) is 11.0. The topological polar surface area (TPSA) is 146 Å². The first-order valence-electron chi connectivity index (χ1n) is 10.2. The molecule has 0 aliphatic carbocycles. The Morgan fingerprint density at radius 1 is 0.970 bits per heavy atom. The van der Waals surface area contributed by atoms with Gasteiger partial charge in [0.2, 0.25) is 0 Å². The lowest BCUT2D eigenvalue weighted by Gasteiger charge is -2.21. The quantitative estimate of drug-likeness (QED) is 0.352. The maximum absolute atomic E-state index is 12.6. The number of carboxylic acid groups (broad SMARTS) is 1. The Labute approximate surface area is 197 Å². The smallest absolute Gasteiger partial charge is 0.420 e. The number of amides is 1. The summed E-state index contributed by atoms with van der Waals surface area (Å²) in [4.78, 5) is 52.8. The maximum atomic E-state index is 12.6. The molecule has 0 spiro atoms. The highest BCUT2D eigenvalue weighted by Crippen LogP contribution is 2.25. The zero-order valence-electron chi connectivity index (χ0n) is 20.5. The standard InChI is InChI=1S/C21H33N3O8S/c1-19(2,3)30-16(27)23-13(14(25)26)10-12-11-24(17(28)31-20(4,5)6)15(22-12)33-18(29)32-21(7,8)9/h11,13H,10H2,1-9H3,(H,23,27)(H,25,26). The second-order valence-corrected chi connectivity index (χ2v) is 11.1. The largest absolute Gasteiger partial charge is 0.480 e. The molecule has 1 rings (SSSR count). The fourth-order valence-electron chi connectivity index (χ4n) is 2.23. The molecule has 0 aromatic carbocycles. The number of aliphatic carboxylic acids is 1. The molecule has 0 radical (unpaired) electrons. The number of carbonyl (C=O) groups excluding carboxylic acids is 3. The Balaban J connectivity index is 3.18. The number of carboxylic acids is 1. The van der Waals surface area contributed by atoms with E-state index in [1.807, 2.05) is 0 Å². The first kappa shape index (κ1) is 28.3. The molecule has 1 heterocycles. The van der Waals surface area contributed by atoms with Crippen molar-refractivity contribution in [2.24, 2.45) is 0 Å². The van der Waals surface area contributed by atoms with Crippen LogP contribution in [0.15, 0.2) is 11.4 Å². The second kappa shape index (κ2) is 10.4. The minimum absolute atomic E-state index is 0.0603. The van der Waals surface area contributed by atoms with Gasteiger partial charge in [-0.1, -0.05) is 0 Å². The predicted octanol–water partition coefficient (Wildman–Crippen LogP) is 4.21. The molecule has 2 N–H and O–H groups in total. The fraction of sp³-hybridized carbons (Fsp3) is 0.667. The number of alkyl carbamates (subject to hydrolysis) is 1. The summed E-state index contributed by atoms with van der Waals surface area (Å²) >= 11 is 0.560. The van der Waals surface area contributed by atoms with Crippen LogP contribution < -0.4 is 5.32 Å². The van der Waals surface area contributed by atoms with Crippen molar-refractivity contribution in [3.8, 4) is 0 Å². The Bertz CT molecular complexity index is 891. The van der Waals surface area contributed by atoms with Crippen molar-refractivity contribution in [2.75, 3.05) is 0 Å². The third kappa shape index (κ3) is 11.1. The van der Waals surface area contributed by atoms with E-state index in [1.54, 1.807) is 62.3 Å². The highest BCUT2D eigenvalue weighted by atomic mass is 32.2. The number of nitrogens with one attached hydrogen (secondary N) is 1. The molecular formula is C21H33N3O8S. The van der Waals surface area contributed by atoms with Crippen molar-refractivity contribution < 1.29 is 38.5 Å². The number of ether oxygens (including phenoxy) is 3. The zero-order valence-corrected chi connectivity index (χ0v) is 21.3. The van der Waals surface area contributed by atoms with E-state index in [2.05, 4.69) is 10.3 Å². The number of imidazole rings is 1. The summed E-state index contributed by atoms with van der Waals surface area (Å²) < 4.78 is 16.7. The van der Waals surface area contributed by atoms with Gasteiger partial charge >= 0.3 is 23.5 Å². The van der Waals surface area contributed by atoms with Crippen molar-refractivity contribution in [2.45, 2.75) is 96.7 Å². The molecule has 1 unspecified atom stereocenters. The predicted molar refractivity (Wildman–Crippen MR) is 120 cm³/mol. The summed E-state index contributed by atoms with van der Waals surface area (Å²) in [5, 5.41) is 11.0. The van der Waals surface area contributed by atoms with Crippen molar-refractivity contribution in [3.63, 3.8) is 0 Å². The number of thioether (sulfide) groups is 1. The molecule has 33 heavy (non-hydrogen) atoms. The first-order chi connectivity index (χ1) is 14.8. The van der Waals surface area contributed by atoms with E-state index in [1.165, 1.54) is 6.20 Å². The Hall–Kier alpha value is -2.76. The number of hydrogen-bond donors (Lipinski definition) is 2. The van der Waals surface area contributed by atoms with Gasteiger partial charge in [-0.3, -0.25) is 0 Å². The highest BCUT2D eigenvalue weighted by Gasteiger charge is 2.29. The lowest BCUT2D eigenvalue weighted by molar-refractivity contribution is -0.139. The van der Waals surface area contributed by atoms with Crippen LogP contribution in [-0.2, 0) is 25.4 Å². The van der Waals surface area contributed by atoms with Gasteiger partial charge in [-0.15, -0.1) is 0 Å². The molecule has 0 bridgehead atoms. The second-order valence-electron chi connectivity index (χ2n) is 10.2. The normalized spacial score (nSPS) is 13.1. The Morgan fingerprint density at radius 3 is 1.94 bits per heavy atom. The van der Waals surface area contributed by atoms with Gasteiger partial charge in [0, 0.05) is 24.4 Å². The molecular weight excluding hydrogens is 454 g/mol. The number of rotatable bonds is 5. The lowest BCUT2D eigenvalue weighted by Crippen LogP contribution is -2.44. The molecule has 0 saturated carbocycles. The summed E-state index contributed by atoms with van der Waals surface area (Å²) in [6, 6.07) is -1.39. The van der Waals surface area contributed by atoms with E-state index < -0.39 is 46.3 Å². The minimum atomic E-state index is -1.39. The third-order valence-corrected chi connectivity index (χ3v) is 4.00. The van der Waals surface area contributed by atoms with Gasteiger partial charge in [-0.2, -0.15) is 0 Å². The van der Waals surface area contributed by atoms with Gasteiger partial charge in [0.25, 0.3) is 0 Å². The van der Waals surface area contributed by atoms with Crippen LogP contribution in [0.25, 0.3) is 0 Å². The Kier molecular flexibility index (Phi) is 8.95. The van der Waals surface area contributed by atoms with Crippen LogP contribution in [0.5, 0.6) is 0 Å². The minimum Gasteiger partial charge on any atom is -0.480 e. The van der Waals surface area contributed by atoms with E-state index in [9.17, 15) is 24.3 Å². The fourth-order valence-corrected chi connectivity index (χ4v) is 3.06. The van der Waals surface area contributed by atoms with Crippen LogP contribution in [0.2, 0.25) is 0 Å². The van der Waals surface area contributed by atoms with Gasteiger partial charge < -0.3 is 24.6 Å². The maximum Gasteiger partial charge on any atom is 0.420 e. The SMILES string of the molecule is CC(C)(C)OC(=O)NC(Cc1cn(C(=O)OC(C)(C)C)c(SC(=O)OC(C)(C)C)n1)C(=O)O. The molecule has 0 aliphatic heterocycles. The summed E-state index contributed by atoms with van der Waals surface area (Å²) in [6.07, 6.45) is -0.733. The van der Waals surface area contributed by atoms with Crippen LogP contribution in [-0.4, -0.2) is 61.0 Å². The van der Waals surface area contributed by atoms with E-state index in [0.29, 0.717) is 11.8 Å². The van der Waals surface area contributed by atoms with E-state index in [0.717, 1.165) is 4.57 Å². The summed E-state index contributed by atoms with van der Waals surface area (Å²) in [5.74, 6) is -1.32. The van der Waals surface area contributed by atoms with Crippen LogP contribution in [0.1, 0.15) is 68.0 Å². The summed E-state index contributed by atoms with van der Waals surface area (Å²) in [7, 11) is 0. The average molecular weight is 488 g/mol. The molecule has 1 atom stereocenters. The molecule has 186 valence electrons. The van der Waals surface area contributed by atoms with Crippen molar-refractivity contribution in [3.05, 3.63) is 11.9 Å². The molecule has 1 aromatic heterocycles. The summed E-state index contributed by atoms with van der Waals surface area (Å²) in [5.41, 5.74) is -2.27. The average Bonchev–Trinajstić information content (AvgIpc) is 2.91. The highest BCUT2D eigenvalue weighted by molar-refractivity contribution is 8.13. The number of carbonyl (C=O) groups is 4. The van der Waals surface area contributed by atoms with Crippen LogP contribution >= 0.6 is 11.8 Å². The molecule has 0 aliphatic rings. The molecule has 0 fully saturated rings. The van der Waals surface area contributed by atoms with Gasteiger partial charge in [0.15, 0.2) is 5.16 Å². The van der Waals surface area contributed by atoms with E-state index >= 15 is 0 Å². The number of nitrogens with zero attached hydrogens (tertiary/aromatic N) is 2. The van der Waals surface area contributed by atoms with Gasteiger partial charge in [0.05, 0.1) is 5.69 Å².